The summed E-state index contributed by atoms with van der Waals surface area (Å²) in [5, 5.41) is 0.944. The quantitative estimate of drug-likeness (QED) is 0.641. The van der Waals surface area contributed by atoms with Gasteiger partial charge in [0.15, 0.2) is 0 Å². The highest BCUT2D eigenvalue weighted by molar-refractivity contribution is 6.53. The summed E-state index contributed by atoms with van der Waals surface area (Å²) >= 11 is 12.3. The number of ether oxygens (including phenoxy) is 1. The van der Waals surface area contributed by atoms with E-state index in [9.17, 15) is 9.59 Å². The predicted octanol–water partition coefficient (Wildman–Crippen LogP) is 3.42. The number of H-pyrrole nitrogens is 1. The molecule has 0 spiro atoms. The molecule has 0 saturated heterocycles. The van der Waals surface area contributed by atoms with E-state index in [4.69, 9.17) is 27.9 Å². The van der Waals surface area contributed by atoms with Crippen LogP contribution in [-0.4, -0.2) is 39.7 Å². The lowest BCUT2D eigenvalue weighted by molar-refractivity contribution is -0.137. The van der Waals surface area contributed by atoms with E-state index in [1.54, 1.807) is 6.07 Å². The fourth-order valence-corrected chi connectivity index (χ4v) is 4.31. The Morgan fingerprint density at radius 2 is 2.04 bits per heavy atom. The smallest absolute Gasteiger partial charge is 0.337 e. The van der Waals surface area contributed by atoms with Crippen molar-refractivity contribution in [2.75, 3.05) is 13.7 Å². The number of benzene rings is 1. The fraction of sp³-hybridized carbons (Fsp3) is 0.444. The second-order valence-electron chi connectivity index (χ2n) is 7.02. The average molecular weight is 381 g/mol. The van der Waals surface area contributed by atoms with Crippen LogP contribution in [0.2, 0.25) is 0 Å². The topological polar surface area (TPSA) is 62.4 Å². The Morgan fingerprint density at radius 1 is 1.32 bits per heavy atom. The largest absolute Gasteiger partial charge is 0.465 e. The van der Waals surface area contributed by atoms with Crippen molar-refractivity contribution in [1.82, 2.24) is 9.88 Å². The molecule has 5 nitrogen and oxygen atoms in total. The van der Waals surface area contributed by atoms with Gasteiger partial charge in [0.25, 0.3) is 0 Å². The number of methoxy groups -OCH3 is 1. The molecule has 2 heterocycles. The maximum absolute atomic E-state index is 12.9. The first kappa shape index (κ1) is 16.7. The maximum atomic E-state index is 12.9. The molecule has 1 amide bonds. The molecule has 0 radical (unpaired) electrons. The van der Waals surface area contributed by atoms with Gasteiger partial charge in [0.2, 0.25) is 5.91 Å². The number of amides is 1. The predicted molar refractivity (Wildman–Crippen MR) is 95.9 cm³/mol. The number of alkyl halides is 2. The summed E-state index contributed by atoms with van der Waals surface area (Å²) in [6.45, 7) is 2.93. The van der Waals surface area contributed by atoms with Crippen LogP contribution in [-0.2, 0) is 22.5 Å². The lowest BCUT2D eigenvalue weighted by atomic mass is 10.0. The molecule has 1 aliphatic heterocycles. The summed E-state index contributed by atoms with van der Waals surface area (Å²) < 4.78 is 3.83. The summed E-state index contributed by atoms with van der Waals surface area (Å²) in [6.07, 6.45) is 1.21. The SMILES string of the molecule is COC(=O)c1ccc2[nH]c3c(c2c1)CN(C(=O)[C@@]1(C)CC1(Cl)Cl)CC3. The zero-order valence-corrected chi connectivity index (χ0v) is 15.5. The molecule has 1 fully saturated rings. The minimum atomic E-state index is -0.970. The third-order valence-corrected chi connectivity index (χ3v) is 6.51. The van der Waals surface area contributed by atoms with Crippen LogP contribution in [0.25, 0.3) is 10.9 Å². The van der Waals surface area contributed by atoms with Gasteiger partial charge in [0.05, 0.1) is 18.1 Å². The van der Waals surface area contributed by atoms with Crippen molar-refractivity contribution in [1.29, 1.82) is 0 Å². The van der Waals surface area contributed by atoms with Gasteiger partial charge in [0.1, 0.15) is 4.33 Å². The van der Waals surface area contributed by atoms with Crippen LogP contribution in [0.1, 0.15) is 35.0 Å². The van der Waals surface area contributed by atoms with Crippen LogP contribution in [0.5, 0.6) is 0 Å². The highest BCUT2D eigenvalue weighted by atomic mass is 35.5. The summed E-state index contributed by atoms with van der Waals surface area (Å²) in [5.41, 5.74) is 2.88. The number of aromatic amines is 1. The average Bonchev–Trinajstić information content (AvgIpc) is 2.95. The molecule has 2 aromatic rings. The molecule has 1 atom stereocenters. The van der Waals surface area contributed by atoms with Crippen LogP contribution in [0.15, 0.2) is 18.2 Å². The number of hydrogen-bond donors (Lipinski definition) is 1. The first-order valence-corrected chi connectivity index (χ1v) is 8.91. The molecular weight excluding hydrogens is 363 g/mol. The molecule has 25 heavy (non-hydrogen) atoms. The highest BCUT2D eigenvalue weighted by Crippen LogP contribution is 2.64. The maximum Gasteiger partial charge on any atom is 0.337 e. The van der Waals surface area contributed by atoms with Crippen molar-refractivity contribution in [3.63, 3.8) is 0 Å². The minimum absolute atomic E-state index is 0.0124. The van der Waals surface area contributed by atoms with Gasteiger partial charge in [-0.25, -0.2) is 4.79 Å². The molecule has 132 valence electrons. The number of fused-ring (bicyclic) bond motifs is 3. The van der Waals surface area contributed by atoms with E-state index in [1.807, 2.05) is 24.0 Å². The van der Waals surface area contributed by atoms with Crippen molar-refractivity contribution >= 4 is 46.0 Å². The number of hydrogen-bond acceptors (Lipinski definition) is 3. The molecule has 4 rings (SSSR count). The molecule has 1 aliphatic carbocycles. The molecule has 1 N–H and O–H groups in total. The van der Waals surface area contributed by atoms with Crippen LogP contribution in [0, 0.1) is 5.41 Å². The van der Waals surface area contributed by atoms with Crippen LogP contribution in [0.3, 0.4) is 0 Å². The second kappa shape index (κ2) is 5.39. The van der Waals surface area contributed by atoms with Crippen molar-refractivity contribution in [2.24, 2.45) is 5.41 Å². The van der Waals surface area contributed by atoms with E-state index < -0.39 is 9.75 Å². The van der Waals surface area contributed by atoms with Crippen molar-refractivity contribution < 1.29 is 14.3 Å². The molecule has 0 bridgehead atoms. The first-order valence-electron chi connectivity index (χ1n) is 8.16. The molecule has 1 aromatic carbocycles. The number of aromatic nitrogens is 1. The lowest BCUT2D eigenvalue weighted by Crippen LogP contribution is -2.41. The van der Waals surface area contributed by atoms with E-state index in [2.05, 4.69) is 4.98 Å². The van der Waals surface area contributed by atoms with Crippen molar-refractivity contribution in [3.05, 3.63) is 35.0 Å². The number of carbonyl (C=O) groups excluding carboxylic acids is 2. The number of nitrogens with zero attached hydrogens (tertiary/aromatic N) is 1. The van der Waals surface area contributed by atoms with Gasteiger partial charge in [0, 0.05) is 41.7 Å². The minimum Gasteiger partial charge on any atom is -0.465 e. The number of halogens is 2. The van der Waals surface area contributed by atoms with E-state index in [1.165, 1.54) is 7.11 Å². The number of rotatable bonds is 2. The Bertz CT molecular complexity index is 905. The number of nitrogens with one attached hydrogen (secondary N) is 1. The Labute approximate surface area is 155 Å². The van der Waals surface area contributed by atoms with Gasteiger partial charge < -0.3 is 14.6 Å². The third-order valence-electron chi connectivity index (χ3n) is 5.41. The lowest BCUT2D eigenvalue weighted by Gasteiger charge is -2.30. The summed E-state index contributed by atoms with van der Waals surface area (Å²) in [4.78, 5) is 29.9. The van der Waals surface area contributed by atoms with Gasteiger partial charge in [-0.05, 0) is 31.5 Å². The Morgan fingerprint density at radius 3 is 2.68 bits per heavy atom. The molecule has 7 heteroatoms. The molecule has 1 saturated carbocycles. The van der Waals surface area contributed by atoms with Gasteiger partial charge >= 0.3 is 5.97 Å². The van der Waals surface area contributed by atoms with E-state index in [0.29, 0.717) is 25.1 Å². The summed E-state index contributed by atoms with van der Waals surface area (Å²) in [5.74, 6) is -0.387. The van der Waals surface area contributed by atoms with Crippen LogP contribution < -0.4 is 0 Å². The fourth-order valence-electron chi connectivity index (χ4n) is 3.61. The molecule has 0 unspecified atom stereocenters. The normalized spacial score (nSPS) is 24.1. The molecule has 2 aliphatic rings. The number of esters is 1. The van der Waals surface area contributed by atoms with Gasteiger partial charge in [-0.15, -0.1) is 23.2 Å². The van der Waals surface area contributed by atoms with Crippen LogP contribution in [0.4, 0.5) is 0 Å². The summed E-state index contributed by atoms with van der Waals surface area (Å²) in [7, 11) is 1.36. The van der Waals surface area contributed by atoms with Gasteiger partial charge in [-0.1, -0.05) is 0 Å². The molecule has 1 aromatic heterocycles. The standard InChI is InChI=1S/C18H18Cl2N2O3/c1-17(9-18(17,19)20)16(24)22-6-5-14-12(8-22)11-7-10(15(23)25-2)3-4-13(11)21-14/h3-4,7,21H,5-6,8-9H2,1-2H3/t17-/m1/s1. The monoisotopic (exact) mass is 380 g/mol. The third kappa shape index (κ3) is 2.44. The van der Waals surface area contributed by atoms with Crippen LogP contribution >= 0.6 is 23.2 Å². The Kier molecular flexibility index (Phi) is 3.61. The summed E-state index contributed by atoms with van der Waals surface area (Å²) in [6, 6.07) is 5.42. The van der Waals surface area contributed by atoms with Crippen molar-refractivity contribution in [2.45, 2.75) is 30.6 Å². The zero-order chi connectivity index (χ0) is 18.0. The van der Waals surface area contributed by atoms with E-state index >= 15 is 0 Å². The van der Waals surface area contributed by atoms with E-state index in [0.717, 1.165) is 28.6 Å². The molecular formula is C18H18Cl2N2O3. The Hall–Kier alpha value is -1.72. The Balaban J connectivity index is 1.68. The van der Waals surface area contributed by atoms with Gasteiger partial charge in [-0.3, -0.25) is 4.79 Å². The van der Waals surface area contributed by atoms with Crippen molar-refractivity contribution in [3.8, 4) is 0 Å². The zero-order valence-electron chi connectivity index (χ0n) is 14.0. The second-order valence-corrected chi connectivity index (χ2v) is 8.51. The highest BCUT2D eigenvalue weighted by Gasteiger charge is 2.68. The number of carbonyl (C=O) groups is 2. The van der Waals surface area contributed by atoms with E-state index in [-0.39, 0.29) is 11.9 Å². The van der Waals surface area contributed by atoms with Gasteiger partial charge in [-0.2, -0.15) is 0 Å². The first-order chi connectivity index (χ1) is 11.8.